The number of ether oxygens (including phenoxy) is 1. The molecule has 0 bridgehead atoms. The van der Waals surface area contributed by atoms with Crippen molar-refractivity contribution < 1.29 is 14.6 Å². The summed E-state index contributed by atoms with van der Waals surface area (Å²) in [6, 6.07) is 4.85. The zero-order valence-corrected chi connectivity index (χ0v) is 10.3. The molecule has 0 spiro atoms. The average molecular weight is 264 g/mol. The summed E-state index contributed by atoms with van der Waals surface area (Å²) in [5, 5.41) is 13.2. The van der Waals surface area contributed by atoms with Crippen molar-refractivity contribution >= 4 is 28.6 Å². The Labute approximate surface area is 108 Å². The monoisotopic (exact) mass is 264 g/mol. The third kappa shape index (κ3) is 2.04. The van der Waals surface area contributed by atoms with Gasteiger partial charge in [-0.2, -0.15) is 0 Å². The molecule has 94 valence electrons. The van der Waals surface area contributed by atoms with E-state index in [4.69, 9.17) is 4.74 Å². The molecule has 1 aliphatic rings. The van der Waals surface area contributed by atoms with Gasteiger partial charge in [0.25, 0.3) is 0 Å². The summed E-state index contributed by atoms with van der Waals surface area (Å²) in [7, 11) is 0. The zero-order chi connectivity index (χ0) is 12.5. The molecule has 1 atom stereocenters. The number of carbonyl (C=O) groups excluding carboxylic acids is 1. The number of esters is 1. The molecule has 0 amide bonds. The lowest BCUT2D eigenvalue weighted by Gasteiger charge is -2.10. The van der Waals surface area contributed by atoms with E-state index < -0.39 is 5.97 Å². The summed E-state index contributed by atoms with van der Waals surface area (Å²) >= 11 is 1.56. The van der Waals surface area contributed by atoms with Gasteiger partial charge in [0, 0.05) is 29.4 Å². The molecule has 1 saturated heterocycles. The molecule has 1 aromatic heterocycles. The minimum atomic E-state index is -0.390. The van der Waals surface area contributed by atoms with Gasteiger partial charge < -0.3 is 14.8 Å². The molecule has 5 nitrogen and oxygen atoms in total. The molecule has 2 aromatic rings. The lowest BCUT2D eigenvalue weighted by atomic mass is 10.2. The van der Waals surface area contributed by atoms with Gasteiger partial charge in [0.05, 0.1) is 5.56 Å². The van der Waals surface area contributed by atoms with E-state index in [0.717, 1.165) is 17.8 Å². The van der Waals surface area contributed by atoms with Crippen molar-refractivity contribution in [3.05, 3.63) is 30.0 Å². The summed E-state index contributed by atoms with van der Waals surface area (Å²) in [6.45, 7) is 0.845. The largest absolute Gasteiger partial charge is 0.508 e. The van der Waals surface area contributed by atoms with Crippen molar-refractivity contribution in [2.24, 2.45) is 0 Å². The number of phenols is 1. The lowest BCUT2D eigenvalue weighted by Crippen LogP contribution is -2.25. The van der Waals surface area contributed by atoms with E-state index in [0.29, 0.717) is 10.9 Å². The first-order valence-corrected chi connectivity index (χ1v) is 6.65. The quantitative estimate of drug-likeness (QED) is 0.719. The second-order valence-corrected chi connectivity index (χ2v) is 5.16. The molecule has 18 heavy (non-hydrogen) atoms. The minimum Gasteiger partial charge on any atom is -0.508 e. The fourth-order valence-corrected chi connectivity index (χ4v) is 2.76. The predicted octanol–water partition coefficient (Wildman–Crippen LogP) is 1.65. The van der Waals surface area contributed by atoms with E-state index in [1.165, 1.54) is 0 Å². The number of aromatic hydroxyl groups is 1. The second-order valence-electron chi connectivity index (χ2n) is 3.99. The van der Waals surface area contributed by atoms with Crippen LogP contribution in [-0.2, 0) is 4.74 Å². The molecule has 3 rings (SSSR count). The highest BCUT2D eigenvalue weighted by Crippen LogP contribution is 2.25. The number of H-pyrrole nitrogens is 1. The van der Waals surface area contributed by atoms with Crippen LogP contribution in [0.2, 0.25) is 0 Å². The summed E-state index contributed by atoms with van der Waals surface area (Å²) in [6.07, 6.45) is 1.60. The third-order valence-corrected chi connectivity index (χ3v) is 3.79. The van der Waals surface area contributed by atoms with Gasteiger partial charge in [-0.15, -0.1) is 11.8 Å². The molecule has 1 aliphatic heterocycles. The van der Waals surface area contributed by atoms with Crippen LogP contribution in [-0.4, -0.2) is 33.9 Å². The summed E-state index contributed by atoms with van der Waals surface area (Å²) in [4.78, 5) is 15.0. The number of benzene rings is 1. The Morgan fingerprint density at radius 3 is 3.17 bits per heavy atom. The number of hydrogen-bond acceptors (Lipinski definition) is 5. The van der Waals surface area contributed by atoms with Gasteiger partial charge >= 0.3 is 5.97 Å². The van der Waals surface area contributed by atoms with Crippen molar-refractivity contribution in [3.8, 4) is 5.75 Å². The molecule has 0 radical (unpaired) electrons. The highest BCUT2D eigenvalue weighted by molar-refractivity contribution is 8.00. The summed E-state index contributed by atoms with van der Waals surface area (Å²) < 4.78 is 5.31. The van der Waals surface area contributed by atoms with E-state index in [1.807, 2.05) is 0 Å². The Morgan fingerprint density at radius 1 is 1.50 bits per heavy atom. The fourth-order valence-electron chi connectivity index (χ4n) is 1.92. The fraction of sp³-hybridized carbons (Fsp3) is 0.250. The first-order chi connectivity index (χ1) is 8.74. The van der Waals surface area contributed by atoms with E-state index in [2.05, 4.69) is 10.3 Å². The number of aromatic nitrogens is 1. The minimum absolute atomic E-state index is 0.129. The Morgan fingerprint density at radius 2 is 2.39 bits per heavy atom. The molecule has 1 aromatic carbocycles. The number of carbonyl (C=O) groups is 1. The van der Waals surface area contributed by atoms with Gasteiger partial charge in [-0.3, -0.25) is 5.32 Å². The lowest BCUT2D eigenvalue weighted by molar-refractivity contribution is 0.0428. The van der Waals surface area contributed by atoms with Crippen LogP contribution < -0.4 is 5.32 Å². The highest BCUT2D eigenvalue weighted by Gasteiger charge is 2.21. The number of hydrogen-bond donors (Lipinski definition) is 3. The van der Waals surface area contributed by atoms with Crippen LogP contribution in [0.25, 0.3) is 10.9 Å². The summed E-state index contributed by atoms with van der Waals surface area (Å²) in [5.74, 6) is 0.676. The van der Waals surface area contributed by atoms with Crippen molar-refractivity contribution in [3.63, 3.8) is 0 Å². The summed E-state index contributed by atoms with van der Waals surface area (Å²) in [5.41, 5.74) is 0.960. The Kier molecular flexibility index (Phi) is 2.89. The first-order valence-electron chi connectivity index (χ1n) is 5.60. The Bertz CT molecular complexity index is 590. The van der Waals surface area contributed by atoms with Crippen molar-refractivity contribution in [1.82, 2.24) is 10.3 Å². The van der Waals surface area contributed by atoms with Gasteiger partial charge in [0.1, 0.15) is 5.75 Å². The topological polar surface area (TPSA) is 74.3 Å². The number of phenolic OH excluding ortho intramolecular Hbond substituents is 1. The first kappa shape index (κ1) is 11.4. The smallest absolute Gasteiger partial charge is 0.342 e. The third-order valence-electron chi connectivity index (χ3n) is 2.78. The molecule has 1 fully saturated rings. The van der Waals surface area contributed by atoms with Crippen LogP contribution in [0, 0.1) is 0 Å². The second kappa shape index (κ2) is 4.55. The standard InChI is InChI=1S/C12H12N2O3S/c15-7-1-2-10-8(5-7)9(6-14-10)11(16)17-12-13-3-4-18-12/h1-2,5-6,12-15H,3-4H2. The maximum Gasteiger partial charge on any atom is 0.342 e. The van der Waals surface area contributed by atoms with Crippen LogP contribution in [0.5, 0.6) is 5.75 Å². The number of aromatic amines is 1. The Balaban J connectivity index is 1.88. The van der Waals surface area contributed by atoms with E-state index in [9.17, 15) is 9.90 Å². The number of thioether (sulfide) groups is 1. The molecule has 0 saturated carbocycles. The molecule has 0 aliphatic carbocycles. The van der Waals surface area contributed by atoms with E-state index in [-0.39, 0.29) is 11.3 Å². The van der Waals surface area contributed by atoms with Crippen molar-refractivity contribution in [1.29, 1.82) is 0 Å². The Hall–Kier alpha value is -1.66. The zero-order valence-electron chi connectivity index (χ0n) is 9.47. The average Bonchev–Trinajstić information content (AvgIpc) is 2.97. The molecular formula is C12H12N2O3S. The van der Waals surface area contributed by atoms with Crippen LogP contribution in [0.4, 0.5) is 0 Å². The van der Waals surface area contributed by atoms with Gasteiger partial charge in [0.15, 0.2) is 0 Å². The van der Waals surface area contributed by atoms with Gasteiger partial charge in [-0.25, -0.2) is 4.79 Å². The maximum atomic E-state index is 12.0. The van der Waals surface area contributed by atoms with Gasteiger partial charge in [-0.1, -0.05) is 0 Å². The SMILES string of the molecule is O=C(OC1NCCS1)c1c[nH]c2ccc(O)cc12. The maximum absolute atomic E-state index is 12.0. The molecular weight excluding hydrogens is 252 g/mol. The molecule has 3 N–H and O–H groups in total. The normalized spacial score (nSPS) is 19.2. The van der Waals surface area contributed by atoms with Crippen LogP contribution in [0.1, 0.15) is 10.4 Å². The van der Waals surface area contributed by atoms with E-state index >= 15 is 0 Å². The predicted molar refractivity (Wildman–Crippen MR) is 69.6 cm³/mol. The van der Waals surface area contributed by atoms with Crippen molar-refractivity contribution in [2.45, 2.75) is 5.56 Å². The van der Waals surface area contributed by atoms with Crippen molar-refractivity contribution in [2.75, 3.05) is 12.3 Å². The van der Waals surface area contributed by atoms with E-state index in [1.54, 1.807) is 36.2 Å². The van der Waals surface area contributed by atoms with Crippen LogP contribution in [0.15, 0.2) is 24.4 Å². The molecule has 2 heterocycles. The number of nitrogens with one attached hydrogen (secondary N) is 2. The molecule has 6 heteroatoms. The van der Waals surface area contributed by atoms with Crippen LogP contribution in [0.3, 0.4) is 0 Å². The van der Waals surface area contributed by atoms with Gasteiger partial charge in [0.2, 0.25) is 5.56 Å². The molecule has 1 unspecified atom stereocenters. The number of rotatable bonds is 2. The number of fused-ring (bicyclic) bond motifs is 1. The van der Waals surface area contributed by atoms with Crippen LogP contribution >= 0.6 is 11.8 Å². The highest BCUT2D eigenvalue weighted by atomic mass is 32.2. The van der Waals surface area contributed by atoms with Gasteiger partial charge in [-0.05, 0) is 18.2 Å².